The predicted octanol–water partition coefficient (Wildman–Crippen LogP) is 3.71. The van der Waals surface area contributed by atoms with E-state index in [4.69, 9.17) is 27.9 Å². The Labute approximate surface area is 152 Å². The molecule has 0 atom stereocenters. The molecule has 130 valence electrons. The van der Waals surface area contributed by atoms with Crippen LogP contribution in [0, 0.1) is 0 Å². The molecule has 0 aliphatic heterocycles. The number of hydrogen-bond donors (Lipinski definition) is 1. The molecule has 24 heavy (non-hydrogen) atoms. The maximum absolute atomic E-state index is 11.0. The van der Waals surface area contributed by atoms with E-state index in [0.717, 1.165) is 16.9 Å². The molecule has 0 aromatic heterocycles. The standard InChI is InChI=1S/C17H19Cl2NO3S/c1-24(21,22)9-8-20-11-13-2-5-15(6-3-13)23-12-14-4-7-16(18)17(19)10-14/h2-7,10,20H,8-9,11-12H2,1H3. The quantitative estimate of drug-likeness (QED) is 0.701. The lowest BCUT2D eigenvalue weighted by molar-refractivity contribution is 0.306. The molecule has 0 spiro atoms. The van der Waals surface area contributed by atoms with Crippen molar-refractivity contribution in [1.29, 1.82) is 0 Å². The maximum atomic E-state index is 11.0. The molecule has 2 aromatic carbocycles. The van der Waals surface area contributed by atoms with Gasteiger partial charge in [0, 0.05) is 19.3 Å². The van der Waals surface area contributed by atoms with Crippen molar-refractivity contribution in [2.45, 2.75) is 13.2 Å². The first-order chi connectivity index (χ1) is 11.3. The summed E-state index contributed by atoms with van der Waals surface area (Å²) >= 11 is 11.9. The average molecular weight is 388 g/mol. The Bertz CT molecular complexity index is 777. The van der Waals surface area contributed by atoms with Gasteiger partial charge < -0.3 is 10.1 Å². The van der Waals surface area contributed by atoms with E-state index in [1.165, 1.54) is 6.26 Å². The number of nitrogens with one attached hydrogen (secondary N) is 1. The second-order valence-corrected chi connectivity index (χ2v) is 8.56. The highest BCUT2D eigenvalue weighted by molar-refractivity contribution is 7.90. The Morgan fingerprint density at radius 2 is 1.67 bits per heavy atom. The minimum Gasteiger partial charge on any atom is -0.489 e. The zero-order valence-electron chi connectivity index (χ0n) is 13.3. The van der Waals surface area contributed by atoms with Crippen molar-refractivity contribution in [3.63, 3.8) is 0 Å². The third-order valence-electron chi connectivity index (χ3n) is 3.29. The van der Waals surface area contributed by atoms with Gasteiger partial charge in [0.05, 0.1) is 15.8 Å². The topological polar surface area (TPSA) is 55.4 Å². The first kappa shape index (κ1) is 19.1. The van der Waals surface area contributed by atoms with Crippen LogP contribution in [0.2, 0.25) is 10.0 Å². The zero-order chi connectivity index (χ0) is 17.6. The molecule has 4 nitrogen and oxygen atoms in total. The number of hydrogen-bond acceptors (Lipinski definition) is 4. The molecule has 0 fully saturated rings. The first-order valence-electron chi connectivity index (χ1n) is 7.37. The van der Waals surface area contributed by atoms with Crippen molar-refractivity contribution in [2.75, 3.05) is 18.6 Å². The summed E-state index contributed by atoms with van der Waals surface area (Å²) in [6.45, 7) is 1.46. The van der Waals surface area contributed by atoms with Crippen LogP contribution in [0.4, 0.5) is 0 Å². The van der Waals surface area contributed by atoms with Gasteiger partial charge in [0.15, 0.2) is 0 Å². The van der Waals surface area contributed by atoms with Crippen LogP contribution in [0.25, 0.3) is 0 Å². The highest BCUT2D eigenvalue weighted by Gasteiger charge is 2.03. The zero-order valence-corrected chi connectivity index (χ0v) is 15.6. The summed E-state index contributed by atoms with van der Waals surface area (Å²) in [5.74, 6) is 0.888. The minimum atomic E-state index is -2.92. The van der Waals surface area contributed by atoms with Crippen molar-refractivity contribution < 1.29 is 13.2 Å². The Morgan fingerprint density at radius 1 is 1.00 bits per heavy atom. The molecular formula is C17H19Cl2NO3S. The van der Waals surface area contributed by atoms with Gasteiger partial charge in [-0.15, -0.1) is 0 Å². The minimum absolute atomic E-state index is 0.137. The van der Waals surface area contributed by atoms with E-state index >= 15 is 0 Å². The SMILES string of the molecule is CS(=O)(=O)CCNCc1ccc(OCc2ccc(Cl)c(Cl)c2)cc1. The molecule has 0 radical (unpaired) electrons. The Hall–Kier alpha value is -1.27. The van der Waals surface area contributed by atoms with Crippen LogP contribution >= 0.6 is 23.2 Å². The Morgan fingerprint density at radius 3 is 2.29 bits per heavy atom. The summed E-state index contributed by atoms with van der Waals surface area (Å²) in [5.41, 5.74) is 2.00. The first-order valence-corrected chi connectivity index (χ1v) is 10.2. The molecule has 0 saturated heterocycles. The number of halogens is 2. The molecule has 0 saturated carbocycles. The molecule has 1 N–H and O–H groups in total. The third kappa shape index (κ3) is 6.69. The second-order valence-electron chi connectivity index (χ2n) is 5.49. The fraction of sp³-hybridized carbons (Fsp3) is 0.294. The lowest BCUT2D eigenvalue weighted by Gasteiger charge is -2.09. The van der Waals surface area contributed by atoms with Crippen molar-refractivity contribution in [1.82, 2.24) is 5.32 Å². The van der Waals surface area contributed by atoms with Crippen molar-refractivity contribution >= 4 is 33.0 Å². The smallest absolute Gasteiger partial charge is 0.148 e. The molecule has 0 bridgehead atoms. The molecule has 0 amide bonds. The summed E-state index contributed by atoms with van der Waals surface area (Å²) in [5, 5.41) is 4.13. The summed E-state index contributed by atoms with van der Waals surface area (Å²) in [6, 6.07) is 13.0. The van der Waals surface area contributed by atoms with Crippen molar-refractivity contribution in [3.8, 4) is 5.75 Å². The third-order valence-corrected chi connectivity index (χ3v) is 4.98. The lowest BCUT2D eigenvalue weighted by atomic mass is 10.2. The average Bonchev–Trinajstić information content (AvgIpc) is 2.53. The molecule has 7 heteroatoms. The molecule has 0 unspecified atom stereocenters. The summed E-state index contributed by atoms with van der Waals surface area (Å²) < 4.78 is 27.8. The van der Waals surface area contributed by atoms with Gasteiger partial charge >= 0.3 is 0 Å². The summed E-state index contributed by atoms with van der Waals surface area (Å²) in [7, 11) is -2.92. The number of ether oxygens (including phenoxy) is 1. The van der Waals surface area contributed by atoms with Crippen LogP contribution in [-0.4, -0.2) is 27.0 Å². The number of benzene rings is 2. The van der Waals surface area contributed by atoms with Gasteiger partial charge in [-0.25, -0.2) is 8.42 Å². The number of rotatable bonds is 8. The molecule has 2 aromatic rings. The van der Waals surface area contributed by atoms with Crippen LogP contribution in [0.1, 0.15) is 11.1 Å². The van der Waals surface area contributed by atoms with Gasteiger partial charge in [0.25, 0.3) is 0 Å². The largest absolute Gasteiger partial charge is 0.489 e. The second kappa shape index (κ2) is 8.72. The van der Waals surface area contributed by atoms with Crippen LogP contribution in [0.15, 0.2) is 42.5 Å². The molecule has 2 rings (SSSR count). The highest BCUT2D eigenvalue weighted by Crippen LogP contribution is 2.23. The van der Waals surface area contributed by atoms with E-state index in [2.05, 4.69) is 5.32 Å². The summed E-state index contributed by atoms with van der Waals surface area (Å²) in [4.78, 5) is 0. The van der Waals surface area contributed by atoms with E-state index in [1.54, 1.807) is 12.1 Å². The molecule has 0 aliphatic carbocycles. The van der Waals surface area contributed by atoms with Gasteiger partial charge in [-0.2, -0.15) is 0 Å². The van der Waals surface area contributed by atoms with Crippen molar-refractivity contribution in [2.24, 2.45) is 0 Å². The molecule has 0 aliphatic rings. The van der Waals surface area contributed by atoms with E-state index in [1.807, 2.05) is 30.3 Å². The lowest BCUT2D eigenvalue weighted by Crippen LogP contribution is -2.21. The number of sulfone groups is 1. The van der Waals surface area contributed by atoms with Gasteiger partial charge in [-0.3, -0.25) is 0 Å². The Kier molecular flexibility index (Phi) is 6.92. The fourth-order valence-electron chi connectivity index (χ4n) is 1.99. The van der Waals surface area contributed by atoms with Gasteiger partial charge in [-0.1, -0.05) is 41.4 Å². The van der Waals surface area contributed by atoms with Crippen LogP contribution in [-0.2, 0) is 23.0 Å². The van der Waals surface area contributed by atoms with E-state index in [0.29, 0.717) is 29.7 Å². The fourth-order valence-corrected chi connectivity index (χ4v) is 2.83. The van der Waals surface area contributed by atoms with Crippen LogP contribution in [0.3, 0.4) is 0 Å². The van der Waals surface area contributed by atoms with Gasteiger partial charge in [0.2, 0.25) is 0 Å². The van der Waals surface area contributed by atoms with Crippen LogP contribution < -0.4 is 10.1 Å². The van der Waals surface area contributed by atoms with Gasteiger partial charge in [-0.05, 0) is 35.4 Å². The van der Waals surface area contributed by atoms with E-state index in [-0.39, 0.29) is 5.75 Å². The normalized spacial score (nSPS) is 11.5. The Balaban J connectivity index is 1.80. The van der Waals surface area contributed by atoms with Crippen molar-refractivity contribution in [3.05, 3.63) is 63.6 Å². The monoisotopic (exact) mass is 387 g/mol. The highest BCUT2D eigenvalue weighted by atomic mass is 35.5. The molecule has 0 heterocycles. The molecular weight excluding hydrogens is 369 g/mol. The van der Waals surface area contributed by atoms with E-state index < -0.39 is 9.84 Å². The summed E-state index contributed by atoms with van der Waals surface area (Å²) in [6.07, 6.45) is 1.23. The van der Waals surface area contributed by atoms with Gasteiger partial charge in [0.1, 0.15) is 22.2 Å². The van der Waals surface area contributed by atoms with E-state index in [9.17, 15) is 8.42 Å². The van der Waals surface area contributed by atoms with Crippen LogP contribution in [0.5, 0.6) is 5.75 Å². The predicted molar refractivity (Wildman–Crippen MR) is 98.7 cm³/mol. The maximum Gasteiger partial charge on any atom is 0.148 e.